The molecule has 1 atom stereocenters. The fourth-order valence-corrected chi connectivity index (χ4v) is 5.77. The van der Waals surface area contributed by atoms with Crippen molar-refractivity contribution in [2.24, 2.45) is 0 Å². The smallest absolute Gasteiger partial charge is 0.313 e. The molecule has 0 N–H and O–H groups in total. The quantitative estimate of drug-likeness (QED) is 0.542. The second-order valence-electron chi connectivity index (χ2n) is 4.81. The van der Waals surface area contributed by atoms with Crippen LogP contribution in [0.25, 0.3) is 0 Å². The van der Waals surface area contributed by atoms with Crippen LogP contribution in [0.2, 0.25) is 5.02 Å². The minimum absolute atomic E-state index is 0.00638. The number of aryl methyl sites for hydroxylation is 2. The van der Waals surface area contributed by atoms with E-state index in [-0.39, 0.29) is 4.90 Å². The van der Waals surface area contributed by atoms with Crippen molar-refractivity contribution in [3.8, 4) is 0 Å². The van der Waals surface area contributed by atoms with E-state index in [1.165, 1.54) is 12.1 Å². The van der Waals surface area contributed by atoms with Gasteiger partial charge in [-0.1, -0.05) is 11.6 Å². The van der Waals surface area contributed by atoms with Gasteiger partial charge in [-0.2, -0.15) is 8.42 Å². The molecule has 0 aliphatic carbocycles. The van der Waals surface area contributed by atoms with E-state index in [9.17, 15) is 13.0 Å². The summed E-state index contributed by atoms with van der Waals surface area (Å²) in [5, 5.41) is 0.426. The summed E-state index contributed by atoms with van der Waals surface area (Å²) in [6, 6.07) is 3.02. The standard InChI is InChI=1S/C12H17Cl2O5PS/c1-8(2)19-20(14,15)7-18-21(16,17)12-9(3)5-11(13)6-10(12)4/h5-6,8H,7H2,1-4H3. The first-order chi connectivity index (χ1) is 9.44. The van der Waals surface area contributed by atoms with E-state index in [0.29, 0.717) is 16.1 Å². The summed E-state index contributed by atoms with van der Waals surface area (Å²) < 4.78 is 46.0. The molecule has 0 amide bonds. The summed E-state index contributed by atoms with van der Waals surface area (Å²) >= 11 is 11.5. The highest BCUT2D eigenvalue weighted by molar-refractivity contribution is 7.88. The average molecular weight is 375 g/mol. The molecule has 0 spiro atoms. The third kappa shape index (κ3) is 5.55. The Balaban J connectivity index is 3.01. The highest BCUT2D eigenvalue weighted by Crippen LogP contribution is 2.53. The average Bonchev–Trinajstić information content (AvgIpc) is 2.23. The maximum Gasteiger partial charge on any atom is 0.316 e. The summed E-state index contributed by atoms with van der Waals surface area (Å²) in [5.74, 6) is 0. The number of hydrogen-bond donors (Lipinski definition) is 0. The zero-order chi connectivity index (χ0) is 16.4. The molecule has 1 aromatic rings. The lowest BCUT2D eigenvalue weighted by atomic mass is 10.2. The van der Waals surface area contributed by atoms with Gasteiger partial charge in [0.05, 0.1) is 6.10 Å². The molecule has 9 heteroatoms. The van der Waals surface area contributed by atoms with Gasteiger partial charge in [-0.15, -0.1) is 0 Å². The topological polar surface area (TPSA) is 69.7 Å². The summed E-state index contributed by atoms with van der Waals surface area (Å²) in [5.41, 5.74) is 0.878. The van der Waals surface area contributed by atoms with Crippen LogP contribution in [0.15, 0.2) is 17.0 Å². The van der Waals surface area contributed by atoms with Crippen LogP contribution in [0.4, 0.5) is 0 Å². The Morgan fingerprint density at radius 1 is 1.24 bits per heavy atom. The van der Waals surface area contributed by atoms with Crippen LogP contribution in [-0.4, -0.2) is 20.9 Å². The molecule has 0 fully saturated rings. The molecule has 0 aliphatic rings. The van der Waals surface area contributed by atoms with E-state index < -0.39 is 29.3 Å². The maximum atomic E-state index is 12.2. The Morgan fingerprint density at radius 2 is 1.71 bits per heavy atom. The van der Waals surface area contributed by atoms with Crippen LogP contribution in [0.5, 0.6) is 0 Å². The molecule has 21 heavy (non-hydrogen) atoms. The predicted molar refractivity (Wildman–Crippen MR) is 83.7 cm³/mol. The minimum Gasteiger partial charge on any atom is -0.313 e. The number of halogens is 2. The molecule has 1 aromatic carbocycles. The molecule has 0 aromatic heterocycles. The van der Waals surface area contributed by atoms with Gasteiger partial charge in [0.2, 0.25) is 0 Å². The first kappa shape index (κ1) is 18.9. The van der Waals surface area contributed by atoms with Gasteiger partial charge < -0.3 is 4.52 Å². The van der Waals surface area contributed by atoms with Crippen LogP contribution in [-0.2, 0) is 23.4 Å². The zero-order valence-electron chi connectivity index (χ0n) is 12.1. The molecular weight excluding hydrogens is 358 g/mol. The van der Waals surface area contributed by atoms with E-state index in [2.05, 4.69) is 0 Å². The zero-order valence-corrected chi connectivity index (χ0v) is 15.3. The lowest BCUT2D eigenvalue weighted by molar-refractivity contribution is 0.236. The van der Waals surface area contributed by atoms with Crippen molar-refractivity contribution in [1.82, 2.24) is 0 Å². The molecule has 120 valence electrons. The predicted octanol–water partition coefficient (Wildman–Crippen LogP) is 4.48. The van der Waals surface area contributed by atoms with Gasteiger partial charge in [0.15, 0.2) is 6.35 Å². The van der Waals surface area contributed by atoms with E-state index >= 15 is 0 Å². The largest absolute Gasteiger partial charge is 0.316 e. The molecule has 0 heterocycles. The number of hydrogen-bond acceptors (Lipinski definition) is 5. The van der Waals surface area contributed by atoms with Gasteiger partial charge in [0, 0.05) is 5.02 Å². The lowest BCUT2D eigenvalue weighted by Gasteiger charge is -2.16. The third-order valence-corrected chi connectivity index (χ3v) is 6.08. The van der Waals surface area contributed by atoms with Crippen LogP contribution in [0.1, 0.15) is 25.0 Å². The summed E-state index contributed by atoms with van der Waals surface area (Å²) in [4.78, 5) is -0.00638. The third-order valence-electron chi connectivity index (χ3n) is 2.41. The number of benzene rings is 1. The van der Waals surface area contributed by atoms with Crippen molar-refractivity contribution < 1.29 is 21.7 Å². The fourth-order valence-electron chi connectivity index (χ4n) is 1.83. The van der Waals surface area contributed by atoms with Gasteiger partial charge >= 0.3 is 6.72 Å². The van der Waals surface area contributed by atoms with Crippen LogP contribution >= 0.6 is 29.6 Å². The Kier molecular flexibility index (Phi) is 6.30. The van der Waals surface area contributed by atoms with Crippen molar-refractivity contribution in [3.05, 3.63) is 28.3 Å². The van der Waals surface area contributed by atoms with Crippen molar-refractivity contribution in [3.63, 3.8) is 0 Å². The molecule has 0 saturated carbocycles. The minimum atomic E-state index is -4.10. The van der Waals surface area contributed by atoms with Crippen LogP contribution in [0, 0.1) is 13.8 Å². The van der Waals surface area contributed by atoms with Gasteiger partial charge in [-0.3, -0.25) is 8.75 Å². The highest BCUT2D eigenvalue weighted by atomic mass is 35.7. The van der Waals surface area contributed by atoms with Gasteiger partial charge in [0.1, 0.15) is 4.90 Å². The molecular formula is C12H17Cl2O5PS. The van der Waals surface area contributed by atoms with Gasteiger partial charge in [-0.05, 0) is 62.2 Å². The monoisotopic (exact) mass is 374 g/mol. The second-order valence-corrected chi connectivity index (χ2v) is 10.00. The summed E-state index contributed by atoms with van der Waals surface area (Å²) in [7, 11) is -4.10. The SMILES string of the molecule is Cc1cc(Cl)cc(C)c1S(=O)(=O)OCP(=O)(Cl)OC(C)C. The van der Waals surface area contributed by atoms with Crippen LogP contribution in [0.3, 0.4) is 0 Å². The van der Waals surface area contributed by atoms with E-state index in [4.69, 9.17) is 31.5 Å². The molecule has 1 rings (SSSR count). The normalized spacial score (nSPS) is 15.2. The van der Waals surface area contributed by atoms with E-state index in [0.717, 1.165) is 0 Å². The van der Waals surface area contributed by atoms with E-state index in [1.54, 1.807) is 27.7 Å². The lowest BCUT2D eigenvalue weighted by Crippen LogP contribution is -2.12. The Morgan fingerprint density at radius 3 is 2.14 bits per heavy atom. The molecule has 0 saturated heterocycles. The summed E-state index contributed by atoms with van der Waals surface area (Å²) in [6.07, 6.45) is -1.13. The molecule has 0 radical (unpaired) electrons. The molecule has 0 aliphatic heterocycles. The molecule has 0 bridgehead atoms. The van der Waals surface area contributed by atoms with Gasteiger partial charge in [0.25, 0.3) is 10.1 Å². The van der Waals surface area contributed by atoms with Crippen molar-refractivity contribution in [1.29, 1.82) is 0 Å². The first-order valence-corrected chi connectivity index (χ1v) is 10.6. The molecule has 1 unspecified atom stereocenters. The maximum absolute atomic E-state index is 12.2. The Labute approximate surface area is 134 Å². The second kappa shape index (κ2) is 6.99. The Hall–Kier alpha value is -0.100. The van der Waals surface area contributed by atoms with Crippen molar-refractivity contribution >= 4 is 39.7 Å². The first-order valence-electron chi connectivity index (χ1n) is 6.08. The summed E-state index contributed by atoms with van der Waals surface area (Å²) in [6.45, 7) is 2.81. The molecule has 5 nitrogen and oxygen atoms in total. The fraction of sp³-hybridized carbons (Fsp3) is 0.500. The number of rotatable bonds is 6. The van der Waals surface area contributed by atoms with Crippen molar-refractivity contribution in [2.75, 3.05) is 6.35 Å². The van der Waals surface area contributed by atoms with E-state index in [1.807, 2.05) is 0 Å². The van der Waals surface area contributed by atoms with Gasteiger partial charge in [-0.25, -0.2) is 0 Å². The van der Waals surface area contributed by atoms with Crippen molar-refractivity contribution in [2.45, 2.75) is 38.7 Å². The highest BCUT2D eigenvalue weighted by Gasteiger charge is 2.28. The van der Waals surface area contributed by atoms with Crippen LogP contribution < -0.4 is 0 Å². The Bertz CT molecular complexity index is 649.